The van der Waals surface area contributed by atoms with E-state index in [0.717, 1.165) is 17.7 Å². The number of aliphatic hydroxyl groups is 1. The highest BCUT2D eigenvalue weighted by Gasteiger charge is 2.52. The number of fused-ring (bicyclic) bond motifs is 2. The largest absolute Gasteiger partial charge is 0.387 e. The SMILES string of the molecule is C=CCn1c(=O)c2cnc(Nc3ccc(C4CCC(N(C)C)CC4)cc3)nc2n1C1=CC=C2CCC(C)(O)C2(C)N1. The molecule has 1 aromatic carbocycles. The monoisotopic (exact) mass is 555 g/mol. The van der Waals surface area contributed by atoms with E-state index in [-0.39, 0.29) is 5.56 Å². The molecule has 0 spiro atoms. The van der Waals surface area contributed by atoms with Crippen molar-refractivity contribution in [1.29, 1.82) is 0 Å². The molecule has 3 aromatic rings. The first-order valence-corrected chi connectivity index (χ1v) is 14.7. The van der Waals surface area contributed by atoms with Gasteiger partial charge < -0.3 is 20.6 Å². The Kier molecular flexibility index (Phi) is 6.90. The van der Waals surface area contributed by atoms with Gasteiger partial charge in [0.1, 0.15) is 11.2 Å². The summed E-state index contributed by atoms with van der Waals surface area (Å²) in [5.41, 5.74) is 2.13. The summed E-state index contributed by atoms with van der Waals surface area (Å²) in [5.74, 6) is 1.68. The van der Waals surface area contributed by atoms with Crippen LogP contribution in [0, 0.1) is 0 Å². The second-order valence-electron chi connectivity index (χ2n) is 12.4. The fraction of sp³-hybridized carbons (Fsp3) is 0.469. The van der Waals surface area contributed by atoms with E-state index in [4.69, 9.17) is 4.98 Å². The number of nitrogens with zero attached hydrogens (tertiary/aromatic N) is 5. The Labute approximate surface area is 241 Å². The summed E-state index contributed by atoms with van der Waals surface area (Å²) in [6, 6.07) is 9.25. The number of aromatic nitrogens is 4. The Hall–Kier alpha value is -3.69. The molecule has 0 amide bonds. The molecule has 0 radical (unpaired) electrons. The topological polar surface area (TPSA) is 100 Å². The molecule has 216 valence electrons. The van der Waals surface area contributed by atoms with Crippen LogP contribution in [0.3, 0.4) is 0 Å². The van der Waals surface area contributed by atoms with Crippen LogP contribution in [0.15, 0.2) is 65.6 Å². The predicted molar refractivity (Wildman–Crippen MR) is 164 cm³/mol. The van der Waals surface area contributed by atoms with Crippen molar-refractivity contribution >= 4 is 28.5 Å². The number of dihydropyridines is 1. The van der Waals surface area contributed by atoms with Gasteiger partial charge in [-0.1, -0.05) is 24.3 Å². The number of anilines is 2. The number of nitrogens with one attached hydrogen (secondary N) is 2. The normalized spacial score (nSPS) is 27.8. The minimum atomic E-state index is -0.926. The molecule has 0 bridgehead atoms. The molecule has 41 heavy (non-hydrogen) atoms. The first-order chi connectivity index (χ1) is 19.6. The van der Waals surface area contributed by atoms with Crippen molar-refractivity contribution in [2.75, 3.05) is 19.4 Å². The summed E-state index contributed by atoms with van der Waals surface area (Å²) in [4.78, 5) is 25.0. The number of rotatable bonds is 7. The first-order valence-electron chi connectivity index (χ1n) is 14.7. The van der Waals surface area contributed by atoms with Gasteiger partial charge in [-0.05, 0) is 102 Å². The van der Waals surface area contributed by atoms with Crippen molar-refractivity contribution in [3.05, 3.63) is 76.8 Å². The molecule has 2 fully saturated rings. The Morgan fingerprint density at radius 2 is 1.90 bits per heavy atom. The van der Waals surface area contributed by atoms with E-state index in [2.05, 4.69) is 71.5 Å². The van der Waals surface area contributed by atoms with Crippen LogP contribution in [0.5, 0.6) is 0 Å². The van der Waals surface area contributed by atoms with Crippen molar-refractivity contribution < 1.29 is 5.11 Å². The molecule has 2 atom stereocenters. The molecule has 6 rings (SSSR count). The van der Waals surface area contributed by atoms with Gasteiger partial charge in [-0.15, -0.1) is 6.58 Å². The number of allylic oxidation sites excluding steroid dienone is 3. The Bertz CT molecular complexity index is 1590. The second-order valence-corrected chi connectivity index (χ2v) is 12.4. The molecule has 2 aromatic heterocycles. The zero-order chi connectivity index (χ0) is 28.9. The summed E-state index contributed by atoms with van der Waals surface area (Å²) in [5, 5.41) is 18.5. The molecule has 2 aliphatic carbocycles. The number of hydrogen-bond acceptors (Lipinski definition) is 7. The summed E-state index contributed by atoms with van der Waals surface area (Å²) >= 11 is 0. The lowest BCUT2D eigenvalue weighted by Crippen LogP contribution is -2.57. The summed E-state index contributed by atoms with van der Waals surface area (Å²) in [6.07, 6.45) is 13.7. The maximum absolute atomic E-state index is 13.4. The fourth-order valence-electron chi connectivity index (χ4n) is 6.80. The highest BCUT2D eigenvalue weighted by Crippen LogP contribution is 2.45. The molecule has 2 saturated carbocycles. The van der Waals surface area contributed by atoms with Crippen molar-refractivity contribution in [1.82, 2.24) is 29.5 Å². The Morgan fingerprint density at radius 1 is 1.17 bits per heavy atom. The third-order valence-electron chi connectivity index (χ3n) is 9.69. The van der Waals surface area contributed by atoms with Gasteiger partial charge in [0.05, 0.1) is 17.7 Å². The van der Waals surface area contributed by atoms with Gasteiger partial charge in [-0.25, -0.2) is 14.3 Å². The first kappa shape index (κ1) is 27.5. The van der Waals surface area contributed by atoms with Gasteiger partial charge in [0.2, 0.25) is 5.95 Å². The average Bonchev–Trinajstić information content (AvgIpc) is 3.37. The van der Waals surface area contributed by atoms with Crippen molar-refractivity contribution in [2.24, 2.45) is 0 Å². The third-order valence-corrected chi connectivity index (χ3v) is 9.69. The molecule has 1 aliphatic heterocycles. The lowest BCUT2D eigenvalue weighted by molar-refractivity contribution is 0.00930. The van der Waals surface area contributed by atoms with Gasteiger partial charge in [-0.3, -0.25) is 4.79 Å². The highest BCUT2D eigenvalue weighted by atomic mass is 16.3. The molecule has 9 heteroatoms. The van der Waals surface area contributed by atoms with Crippen molar-refractivity contribution in [3.63, 3.8) is 0 Å². The summed E-state index contributed by atoms with van der Waals surface area (Å²) in [7, 11) is 4.35. The van der Waals surface area contributed by atoms with E-state index in [1.807, 2.05) is 19.9 Å². The predicted octanol–water partition coefficient (Wildman–Crippen LogP) is 4.74. The number of benzene rings is 1. The molecule has 3 N–H and O–H groups in total. The maximum atomic E-state index is 13.4. The van der Waals surface area contributed by atoms with E-state index >= 15 is 0 Å². The van der Waals surface area contributed by atoms with Crippen LogP contribution in [-0.2, 0) is 6.54 Å². The van der Waals surface area contributed by atoms with Crippen LogP contribution >= 0.6 is 0 Å². The smallest absolute Gasteiger partial charge is 0.278 e. The van der Waals surface area contributed by atoms with Crippen LogP contribution in [0.25, 0.3) is 16.9 Å². The number of hydrogen-bond donors (Lipinski definition) is 3. The molecule has 0 saturated heterocycles. The lowest BCUT2D eigenvalue weighted by atomic mass is 9.81. The standard InChI is InChI=1S/C32H41N7O2/c1-6-19-38-29(40)26-20-33-30(34-24-12-7-21(8-13-24)22-9-14-25(15-10-22)37(4)5)35-28(26)39(38)27-16-11-23-17-18-31(2,41)32(23,3)36-27/h6-8,11-13,16,20,22,25,36,41H,1,9-10,14-15,17-19H2,2-5H3,(H,33,34,35). The highest BCUT2D eigenvalue weighted by molar-refractivity contribution is 5.79. The van der Waals surface area contributed by atoms with Crippen molar-refractivity contribution in [2.45, 2.75) is 82.0 Å². The van der Waals surface area contributed by atoms with E-state index in [1.165, 1.54) is 31.2 Å². The molecule has 3 heterocycles. The van der Waals surface area contributed by atoms with Crippen LogP contribution in [0.4, 0.5) is 11.6 Å². The van der Waals surface area contributed by atoms with Crippen LogP contribution < -0.4 is 16.2 Å². The zero-order valence-corrected chi connectivity index (χ0v) is 24.5. The maximum Gasteiger partial charge on any atom is 0.278 e. The van der Waals surface area contributed by atoms with Gasteiger partial charge in [-0.2, -0.15) is 4.98 Å². The second kappa shape index (κ2) is 10.3. The summed E-state index contributed by atoms with van der Waals surface area (Å²) in [6.45, 7) is 8.03. The fourth-order valence-corrected chi connectivity index (χ4v) is 6.80. The minimum absolute atomic E-state index is 0.194. The van der Waals surface area contributed by atoms with E-state index in [0.29, 0.717) is 47.7 Å². The minimum Gasteiger partial charge on any atom is -0.387 e. The van der Waals surface area contributed by atoms with Gasteiger partial charge >= 0.3 is 0 Å². The van der Waals surface area contributed by atoms with Gasteiger partial charge in [0.15, 0.2) is 5.65 Å². The van der Waals surface area contributed by atoms with Crippen LogP contribution in [0.1, 0.15) is 63.9 Å². The molecule has 9 nitrogen and oxygen atoms in total. The van der Waals surface area contributed by atoms with Crippen molar-refractivity contribution in [3.8, 4) is 0 Å². The van der Waals surface area contributed by atoms with E-state index in [9.17, 15) is 9.90 Å². The van der Waals surface area contributed by atoms with Gasteiger partial charge in [0, 0.05) is 17.9 Å². The van der Waals surface area contributed by atoms with Crippen LogP contribution in [0.2, 0.25) is 0 Å². The third kappa shape index (κ3) is 4.71. The van der Waals surface area contributed by atoms with Crippen LogP contribution in [-0.4, -0.2) is 60.6 Å². The quantitative estimate of drug-likeness (QED) is 0.362. The molecular weight excluding hydrogens is 514 g/mol. The summed E-state index contributed by atoms with van der Waals surface area (Å²) < 4.78 is 3.38. The molecule has 2 unspecified atom stereocenters. The Balaban J connectivity index is 1.29. The molecule has 3 aliphatic rings. The average molecular weight is 556 g/mol. The van der Waals surface area contributed by atoms with Gasteiger partial charge in [0.25, 0.3) is 5.56 Å². The van der Waals surface area contributed by atoms with E-state index in [1.54, 1.807) is 21.6 Å². The zero-order valence-electron chi connectivity index (χ0n) is 24.5. The van der Waals surface area contributed by atoms with E-state index < -0.39 is 11.1 Å². The lowest BCUT2D eigenvalue weighted by Gasteiger charge is -2.42. The Morgan fingerprint density at radius 3 is 2.59 bits per heavy atom. The molecular formula is C32H41N7O2.